The van der Waals surface area contributed by atoms with Gasteiger partial charge in [-0.15, -0.1) is 0 Å². The van der Waals surface area contributed by atoms with E-state index in [4.69, 9.17) is 0 Å². The van der Waals surface area contributed by atoms with E-state index in [2.05, 4.69) is 305 Å². The fraction of sp³-hybridized carbons (Fsp3) is 0.276. The Kier molecular flexibility index (Phi) is 22.7. The van der Waals surface area contributed by atoms with Crippen molar-refractivity contribution in [2.75, 3.05) is 10.2 Å². The van der Waals surface area contributed by atoms with E-state index in [9.17, 15) is 0 Å². The lowest BCUT2D eigenvalue weighted by atomic mass is 9.73. The zero-order valence-corrected chi connectivity index (χ0v) is 71.1. The maximum Gasteiger partial charge on any atom is 0.0531 e. The van der Waals surface area contributed by atoms with Crippen molar-refractivity contribution in [1.82, 2.24) is 0 Å². The molecular formula is C116H111BrN2. The number of fused-ring (bicyclic) bond motifs is 8. The average molecular weight is 1610 g/mol. The summed E-state index contributed by atoms with van der Waals surface area (Å²) in [7, 11) is 0. The van der Waals surface area contributed by atoms with Gasteiger partial charge in [0.2, 0.25) is 0 Å². The Balaban J connectivity index is 0.000000129. The van der Waals surface area contributed by atoms with Gasteiger partial charge in [0.05, 0.1) is 5.69 Å². The van der Waals surface area contributed by atoms with E-state index >= 15 is 0 Å². The van der Waals surface area contributed by atoms with Gasteiger partial charge in [-0.25, -0.2) is 0 Å². The van der Waals surface area contributed by atoms with Gasteiger partial charge in [0.15, 0.2) is 0 Å². The molecule has 0 fully saturated rings. The van der Waals surface area contributed by atoms with E-state index in [-0.39, 0.29) is 0 Å². The Morgan fingerprint density at radius 3 is 0.588 bits per heavy atom. The van der Waals surface area contributed by atoms with Crippen molar-refractivity contribution in [3.05, 3.63) is 373 Å². The highest BCUT2D eigenvalue weighted by molar-refractivity contribution is 9.10. The summed E-state index contributed by atoms with van der Waals surface area (Å²) in [5, 5.41) is 3.62. The number of halogens is 1. The van der Waals surface area contributed by atoms with Crippen LogP contribution in [0.5, 0.6) is 0 Å². The van der Waals surface area contributed by atoms with Crippen LogP contribution in [0.4, 0.5) is 28.4 Å². The topological polar surface area (TPSA) is 15.3 Å². The highest BCUT2D eigenvalue weighted by Crippen LogP contribution is 2.54. The van der Waals surface area contributed by atoms with Gasteiger partial charge in [0.25, 0.3) is 0 Å². The minimum atomic E-state index is 1.12. The summed E-state index contributed by atoms with van der Waals surface area (Å²) < 4.78 is 1.45. The molecule has 0 saturated heterocycles. The van der Waals surface area contributed by atoms with E-state index in [0.717, 1.165) is 37.1 Å². The second kappa shape index (κ2) is 35.2. The molecule has 0 radical (unpaired) electrons. The molecule has 592 valence electrons. The molecule has 0 unspecified atom stereocenters. The lowest BCUT2D eigenvalue weighted by molar-refractivity contribution is 0.656. The molecule has 0 saturated carbocycles. The quantitative estimate of drug-likeness (QED) is 0.124. The maximum atomic E-state index is 3.96. The Bertz CT molecular complexity index is 5800. The number of anilines is 5. The van der Waals surface area contributed by atoms with Crippen LogP contribution in [0.3, 0.4) is 0 Å². The SMILES string of the molecule is Brc1c2c(c(-c3ccccc3)c3c1CCCC3)CCCC2.c1ccc(-c2ccc(N(c3ccc(-c4c5c(c(-c6ccccc6)c6c4CCCC6)CCCC5)cc3)c3c4c(c(-c5ccccc5)c5c3CCCC5)CCCC4)cc2)cc1.c1ccc(-c2ccc(Nc3ccc(-c4c5c(c(-c6ccccc6)c6c4CCCC6)CCCC5)cc3)cc2)cc1. The number of nitrogens with one attached hydrogen (secondary N) is 1. The molecule has 8 aliphatic carbocycles. The predicted molar refractivity (Wildman–Crippen MR) is 508 cm³/mol. The molecule has 0 spiro atoms. The number of hydrogen-bond acceptors (Lipinski definition) is 2. The van der Waals surface area contributed by atoms with Gasteiger partial charge < -0.3 is 10.2 Å². The maximum absolute atomic E-state index is 3.96. The summed E-state index contributed by atoms with van der Waals surface area (Å²) in [5.74, 6) is 0. The summed E-state index contributed by atoms with van der Waals surface area (Å²) >= 11 is 3.96. The molecule has 14 aromatic rings. The molecule has 1 N–H and O–H groups in total. The Morgan fingerprint density at radius 1 is 0.168 bits per heavy atom. The second-order valence-corrected chi connectivity index (χ2v) is 35.9. The van der Waals surface area contributed by atoms with Gasteiger partial charge in [0, 0.05) is 27.2 Å². The monoisotopic (exact) mass is 1610 g/mol. The third kappa shape index (κ3) is 15.4. The van der Waals surface area contributed by atoms with Crippen molar-refractivity contribution >= 4 is 44.4 Å². The van der Waals surface area contributed by atoms with Crippen LogP contribution in [-0.4, -0.2) is 0 Å². The molecule has 0 amide bonds. The van der Waals surface area contributed by atoms with Crippen LogP contribution in [0.15, 0.2) is 284 Å². The van der Waals surface area contributed by atoms with Crippen molar-refractivity contribution in [2.45, 2.75) is 205 Å². The number of rotatable bonds is 13. The molecule has 0 heterocycles. The van der Waals surface area contributed by atoms with Crippen LogP contribution in [0.25, 0.3) is 89.0 Å². The van der Waals surface area contributed by atoms with Crippen LogP contribution in [0.2, 0.25) is 0 Å². The van der Waals surface area contributed by atoms with E-state index in [0.29, 0.717) is 0 Å². The summed E-state index contributed by atoms with van der Waals surface area (Å²) in [6.45, 7) is 0. The third-order valence-corrected chi connectivity index (χ3v) is 29.0. The standard InChI is InChI=1S/C58H55N.C38H35N.C20H21Br/c1-4-18-40(19-5-1)41-32-36-45(37-33-41)59(58-53-30-16-14-28-51(53)56(43-22-8-3-9-23-43)52-29-15-17-31-54(52)58)46-38-34-44(35-39-46)57-49-26-12-10-24-47(49)55(42-20-6-2-7-21-42)48-25-11-13-27-50(48)57;1-3-11-27(12-4-1)28-19-23-31(24-20-28)39-32-25-21-30(22-26-32)38-35-17-9-7-15-33(35)37(29-13-5-2-6-14-29)34-16-8-10-18-36(34)38;21-20-17-12-6-4-10-15(17)19(14-8-2-1-3-9-14)16-11-5-7-13-18(16)20/h1-9,18-23,32-39H,10-17,24-31H2;1-6,11-14,19-26,39H,7-10,15-18H2;1-3,8-9H,4-7,10-13H2. The lowest BCUT2D eigenvalue weighted by Gasteiger charge is -2.37. The van der Waals surface area contributed by atoms with Gasteiger partial charge in [-0.1, -0.05) is 246 Å². The molecule has 3 heteroatoms. The smallest absolute Gasteiger partial charge is 0.0531 e. The molecular weight excluding hydrogens is 1500 g/mol. The minimum absolute atomic E-state index is 1.12. The fourth-order valence-electron chi connectivity index (χ4n) is 22.7. The van der Waals surface area contributed by atoms with Gasteiger partial charge in [-0.05, 0) is 432 Å². The summed E-state index contributed by atoms with van der Waals surface area (Å²) in [6.07, 6.45) is 40.0. The Labute approximate surface area is 716 Å². The van der Waals surface area contributed by atoms with E-state index in [1.807, 2.05) is 0 Å². The molecule has 0 atom stereocenters. The van der Waals surface area contributed by atoms with Crippen molar-refractivity contribution < 1.29 is 0 Å². The molecule has 0 aromatic heterocycles. The second-order valence-electron chi connectivity index (χ2n) is 35.1. The van der Waals surface area contributed by atoms with Crippen LogP contribution < -0.4 is 10.2 Å². The molecule has 0 bridgehead atoms. The van der Waals surface area contributed by atoms with Crippen molar-refractivity contribution in [2.24, 2.45) is 0 Å². The van der Waals surface area contributed by atoms with Gasteiger partial charge in [-0.2, -0.15) is 0 Å². The molecule has 14 aromatic carbocycles. The third-order valence-electron chi connectivity index (χ3n) is 28.0. The zero-order chi connectivity index (χ0) is 79.4. The number of benzene rings is 14. The molecule has 22 rings (SSSR count). The average Bonchev–Trinajstić information content (AvgIpc) is 0.741. The van der Waals surface area contributed by atoms with Gasteiger partial charge >= 0.3 is 0 Å². The number of hydrogen-bond donors (Lipinski definition) is 1. The van der Waals surface area contributed by atoms with E-state index < -0.39 is 0 Å². The van der Waals surface area contributed by atoms with Crippen LogP contribution in [-0.2, 0) is 103 Å². The first kappa shape index (κ1) is 76.8. The van der Waals surface area contributed by atoms with Crippen molar-refractivity contribution in [1.29, 1.82) is 0 Å². The van der Waals surface area contributed by atoms with Gasteiger partial charge in [0.1, 0.15) is 0 Å². The summed E-state index contributed by atoms with van der Waals surface area (Å²) in [6, 6.07) is 104. The van der Waals surface area contributed by atoms with Crippen LogP contribution in [0.1, 0.15) is 192 Å². The highest BCUT2D eigenvalue weighted by Gasteiger charge is 2.35. The van der Waals surface area contributed by atoms with Crippen molar-refractivity contribution in [3.63, 3.8) is 0 Å². The number of nitrogens with zero attached hydrogens (tertiary/aromatic N) is 1. The summed E-state index contributed by atoms with van der Waals surface area (Å²) in [4.78, 5) is 2.69. The lowest BCUT2D eigenvalue weighted by Crippen LogP contribution is -2.22. The largest absolute Gasteiger partial charge is 0.356 e. The predicted octanol–water partition coefficient (Wildman–Crippen LogP) is 31.4. The highest BCUT2D eigenvalue weighted by atomic mass is 79.9. The van der Waals surface area contributed by atoms with E-state index in [1.54, 1.807) is 122 Å². The minimum Gasteiger partial charge on any atom is -0.356 e. The first-order valence-corrected chi connectivity index (χ1v) is 46.6. The normalized spacial score (nSPS) is 15.5. The molecule has 119 heavy (non-hydrogen) atoms. The fourth-order valence-corrected chi connectivity index (χ4v) is 23.6. The van der Waals surface area contributed by atoms with Crippen molar-refractivity contribution in [3.8, 4) is 89.0 Å². The molecule has 2 nitrogen and oxygen atoms in total. The Morgan fingerprint density at radius 2 is 0.336 bits per heavy atom. The Hall–Kier alpha value is -10.8. The first-order valence-electron chi connectivity index (χ1n) is 45.8. The first-order chi connectivity index (χ1) is 59.0. The van der Waals surface area contributed by atoms with Gasteiger partial charge in [-0.3, -0.25) is 0 Å². The van der Waals surface area contributed by atoms with E-state index in [1.165, 1.54) is 257 Å². The molecule has 8 aliphatic rings. The van der Waals surface area contributed by atoms with Crippen LogP contribution >= 0.6 is 15.9 Å². The molecule has 0 aliphatic heterocycles. The summed E-state index contributed by atoms with van der Waals surface area (Å²) in [5.41, 5.74) is 55.1. The zero-order valence-electron chi connectivity index (χ0n) is 69.5. The van der Waals surface area contributed by atoms with Crippen LogP contribution in [0, 0.1) is 0 Å².